The number of esters is 1. The van der Waals surface area contributed by atoms with Gasteiger partial charge in [0.1, 0.15) is 5.75 Å². The molecule has 0 aliphatic rings. The number of carbonyl (C=O) groups excluding carboxylic acids is 1. The first-order valence-corrected chi connectivity index (χ1v) is 3.55. The lowest BCUT2D eigenvalue weighted by molar-refractivity contribution is -0.134. The minimum Gasteiger partial charge on any atom is -0.425 e. The highest BCUT2D eigenvalue weighted by Gasteiger charge is 2.00. The lowest BCUT2D eigenvalue weighted by Crippen LogP contribution is -2.04. The third-order valence-electron chi connectivity index (χ3n) is 1.33. The highest BCUT2D eigenvalue weighted by atomic mass is 16.5. The fraction of sp³-hybridized carbons (Fsp3) is 0.375. The molecule has 1 rings (SSSR count). The van der Waals surface area contributed by atoms with Gasteiger partial charge in [0.2, 0.25) is 0 Å². The van der Waals surface area contributed by atoms with E-state index in [9.17, 15) is 4.79 Å². The molecular formula is C8H11NO2. The van der Waals surface area contributed by atoms with Gasteiger partial charge in [0, 0.05) is 25.9 Å². The predicted molar refractivity (Wildman–Crippen MR) is 41.3 cm³/mol. The van der Waals surface area contributed by atoms with Gasteiger partial charge in [0.15, 0.2) is 0 Å². The van der Waals surface area contributed by atoms with Gasteiger partial charge in [-0.15, -0.1) is 0 Å². The molecule has 0 spiro atoms. The second-order valence-electron chi connectivity index (χ2n) is 2.34. The van der Waals surface area contributed by atoms with Crippen molar-refractivity contribution in [3.63, 3.8) is 0 Å². The van der Waals surface area contributed by atoms with Crippen molar-refractivity contribution in [3.05, 3.63) is 18.5 Å². The standard InChI is InChI=1S/C8H11NO2/c1-3-8(10)11-7-4-5-9(2)6-7/h4-6H,3H2,1-2H3. The summed E-state index contributed by atoms with van der Waals surface area (Å²) >= 11 is 0. The summed E-state index contributed by atoms with van der Waals surface area (Å²) in [6.07, 6.45) is 4.00. The van der Waals surface area contributed by atoms with E-state index in [2.05, 4.69) is 0 Å². The SMILES string of the molecule is CCC(=O)Oc1ccn(C)c1. The quantitative estimate of drug-likeness (QED) is 0.600. The maximum absolute atomic E-state index is 10.8. The Morgan fingerprint density at radius 2 is 2.45 bits per heavy atom. The summed E-state index contributed by atoms with van der Waals surface area (Å²) < 4.78 is 6.76. The van der Waals surface area contributed by atoms with Crippen molar-refractivity contribution in [2.45, 2.75) is 13.3 Å². The van der Waals surface area contributed by atoms with E-state index in [1.54, 1.807) is 19.2 Å². The number of ether oxygens (including phenoxy) is 1. The van der Waals surface area contributed by atoms with Crippen LogP contribution in [0.3, 0.4) is 0 Å². The van der Waals surface area contributed by atoms with Gasteiger partial charge in [0.05, 0.1) is 0 Å². The molecule has 60 valence electrons. The van der Waals surface area contributed by atoms with Crippen molar-refractivity contribution in [2.24, 2.45) is 7.05 Å². The van der Waals surface area contributed by atoms with Gasteiger partial charge in [-0.1, -0.05) is 6.92 Å². The summed E-state index contributed by atoms with van der Waals surface area (Å²) in [4.78, 5) is 10.8. The fourth-order valence-electron chi connectivity index (χ4n) is 0.742. The lowest BCUT2D eigenvalue weighted by Gasteiger charge is -1.96. The minimum absolute atomic E-state index is 0.198. The third-order valence-corrected chi connectivity index (χ3v) is 1.33. The molecule has 0 aromatic carbocycles. The Kier molecular flexibility index (Phi) is 2.31. The number of hydrogen-bond acceptors (Lipinski definition) is 2. The van der Waals surface area contributed by atoms with Crippen molar-refractivity contribution in [1.29, 1.82) is 0 Å². The molecule has 0 fully saturated rings. The summed E-state index contributed by atoms with van der Waals surface area (Å²) in [7, 11) is 1.88. The van der Waals surface area contributed by atoms with Gasteiger partial charge >= 0.3 is 5.97 Å². The number of nitrogens with zero attached hydrogens (tertiary/aromatic N) is 1. The number of hydrogen-bond donors (Lipinski definition) is 0. The first-order valence-electron chi connectivity index (χ1n) is 3.55. The molecule has 3 heteroatoms. The second-order valence-corrected chi connectivity index (χ2v) is 2.34. The van der Waals surface area contributed by atoms with Gasteiger partial charge < -0.3 is 9.30 Å². The molecule has 0 aliphatic carbocycles. The van der Waals surface area contributed by atoms with Crippen LogP contribution in [0.4, 0.5) is 0 Å². The average molecular weight is 153 g/mol. The number of aryl methyl sites for hydroxylation is 1. The van der Waals surface area contributed by atoms with Crippen LogP contribution in [0.25, 0.3) is 0 Å². The van der Waals surface area contributed by atoms with E-state index in [1.165, 1.54) is 0 Å². The zero-order chi connectivity index (χ0) is 8.27. The Balaban J connectivity index is 2.57. The lowest BCUT2D eigenvalue weighted by atomic mass is 10.5. The summed E-state index contributed by atoms with van der Waals surface area (Å²) in [6.45, 7) is 1.77. The summed E-state index contributed by atoms with van der Waals surface area (Å²) in [5, 5.41) is 0. The Bertz CT molecular complexity index is 252. The van der Waals surface area contributed by atoms with Gasteiger partial charge in [-0.05, 0) is 6.07 Å². The highest BCUT2D eigenvalue weighted by molar-refractivity contribution is 5.71. The van der Waals surface area contributed by atoms with Crippen molar-refractivity contribution in [1.82, 2.24) is 4.57 Å². The van der Waals surface area contributed by atoms with E-state index in [0.717, 1.165) is 0 Å². The van der Waals surface area contributed by atoms with E-state index in [-0.39, 0.29) is 5.97 Å². The average Bonchev–Trinajstić information content (AvgIpc) is 2.35. The van der Waals surface area contributed by atoms with Crippen molar-refractivity contribution < 1.29 is 9.53 Å². The Hall–Kier alpha value is -1.25. The largest absolute Gasteiger partial charge is 0.425 e. The summed E-state index contributed by atoms with van der Waals surface area (Å²) in [6, 6.07) is 1.76. The Labute approximate surface area is 65.6 Å². The van der Waals surface area contributed by atoms with Crippen LogP contribution >= 0.6 is 0 Å². The van der Waals surface area contributed by atoms with Crippen LogP contribution in [0.2, 0.25) is 0 Å². The zero-order valence-electron chi connectivity index (χ0n) is 6.70. The monoisotopic (exact) mass is 153 g/mol. The van der Waals surface area contributed by atoms with Crippen LogP contribution in [-0.2, 0) is 11.8 Å². The molecule has 0 atom stereocenters. The maximum Gasteiger partial charge on any atom is 0.310 e. The van der Waals surface area contributed by atoms with E-state index < -0.39 is 0 Å². The maximum atomic E-state index is 10.8. The van der Waals surface area contributed by atoms with Crippen molar-refractivity contribution >= 4 is 5.97 Å². The van der Waals surface area contributed by atoms with Gasteiger partial charge in [0.25, 0.3) is 0 Å². The molecule has 0 amide bonds. The van der Waals surface area contributed by atoms with Gasteiger partial charge in [-0.25, -0.2) is 0 Å². The molecule has 0 unspecified atom stereocenters. The Morgan fingerprint density at radius 1 is 1.73 bits per heavy atom. The molecule has 3 nitrogen and oxygen atoms in total. The van der Waals surface area contributed by atoms with E-state index in [1.807, 2.05) is 17.8 Å². The molecule has 0 N–H and O–H groups in total. The molecule has 1 heterocycles. The highest BCUT2D eigenvalue weighted by Crippen LogP contribution is 2.09. The van der Waals surface area contributed by atoms with E-state index in [0.29, 0.717) is 12.2 Å². The molecular weight excluding hydrogens is 142 g/mol. The molecule has 11 heavy (non-hydrogen) atoms. The van der Waals surface area contributed by atoms with Crippen LogP contribution in [-0.4, -0.2) is 10.5 Å². The second kappa shape index (κ2) is 3.23. The summed E-state index contributed by atoms with van der Waals surface area (Å²) in [5.41, 5.74) is 0. The smallest absolute Gasteiger partial charge is 0.310 e. The van der Waals surface area contributed by atoms with E-state index in [4.69, 9.17) is 4.74 Å². The first-order chi connectivity index (χ1) is 5.22. The molecule has 1 aromatic rings. The van der Waals surface area contributed by atoms with Crippen LogP contribution in [0, 0.1) is 0 Å². The number of rotatable bonds is 2. The molecule has 0 radical (unpaired) electrons. The first kappa shape index (κ1) is 7.85. The number of carbonyl (C=O) groups is 1. The van der Waals surface area contributed by atoms with Crippen LogP contribution < -0.4 is 4.74 Å². The zero-order valence-corrected chi connectivity index (χ0v) is 6.70. The molecule has 1 aromatic heterocycles. The summed E-state index contributed by atoms with van der Waals surface area (Å²) in [5.74, 6) is 0.413. The van der Waals surface area contributed by atoms with Crippen molar-refractivity contribution in [3.8, 4) is 5.75 Å². The molecule has 0 aliphatic heterocycles. The molecule has 0 saturated heterocycles. The van der Waals surface area contributed by atoms with Crippen LogP contribution in [0.5, 0.6) is 5.75 Å². The topological polar surface area (TPSA) is 31.2 Å². The van der Waals surface area contributed by atoms with Crippen LogP contribution in [0.15, 0.2) is 18.5 Å². The Morgan fingerprint density at radius 3 is 2.91 bits per heavy atom. The fourth-order valence-corrected chi connectivity index (χ4v) is 0.742. The third kappa shape index (κ3) is 2.11. The number of aromatic nitrogens is 1. The molecule has 0 bridgehead atoms. The van der Waals surface area contributed by atoms with Gasteiger partial charge in [-0.2, -0.15) is 0 Å². The predicted octanol–water partition coefficient (Wildman–Crippen LogP) is 1.34. The normalized spacial score (nSPS) is 9.64. The van der Waals surface area contributed by atoms with Gasteiger partial charge in [-0.3, -0.25) is 4.79 Å². The van der Waals surface area contributed by atoms with Crippen LogP contribution in [0.1, 0.15) is 13.3 Å². The van der Waals surface area contributed by atoms with E-state index >= 15 is 0 Å². The molecule has 0 saturated carbocycles. The minimum atomic E-state index is -0.198. The van der Waals surface area contributed by atoms with Crippen molar-refractivity contribution in [2.75, 3.05) is 0 Å².